The Morgan fingerprint density at radius 2 is 1.79 bits per heavy atom. The van der Waals surface area contributed by atoms with Gasteiger partial charge in [-0.25, -0.2) is 0 Å². The molecule has 6 heteroatoms. The molecule has 0 saturated carbocycles. The maximum Gasteiger partial charge on any atom is 0.322 e. The van der Waals surface area contributed by atoms with Crippen molar-refractivity contribution in [2.24, 2.45) is 0 Å². The average molecular weight is 276 g/mol. The van der Waals surface area contributed by atoms with E-state index in [2.05, 4.69) is 10.2 Å². The summed E-state index contributed by atoms with van der Waals surface area (Å²) >= 11 is 0. The third kappa shape index (κ3) is 8.93. The number of hydrogen-bond acceptors (Lipinski definition) is 6. The smallest absolute Gasteiger partial charge is 0.322 e. The number of nitrogens with zero attached hydrogens (tertiary/aromatic N) is 1. The minimum absolute atomic E-state index is 0.217. The molecule has 0 amide bonds. The number of ether oxygens (including phenoxy) is 3. The molecule has 0 bridgehead atoms. The first-order chi connectivity index (χ1) is 9.19. The molecule has 0 aliphatic heterocycles. The van der Waals surface area contributed by atoms with Crippen molar-refractivity contribution in [3.63, 3.8) is 0 Å². The minimum Gasteiger partial charge on any atom is -0.468 e. The Morgan fingerprint density at radius 1 is 1.11 bits per heavy atom. The summed E-state index contributed by atoms with van der Waals surface area (Å²) in [5.41, 5.74) is 0. The second kappa shape index (κ2) is 12.3. The lowest BCUT2D eigenvalue weighted by atomic mass is 10.2. The summed E-state index contributed by atoms with van der Waals surface area (Å²) in [5, 5.41) is 2.97. The van der Waals surface area contributed by atoms with Crippen LogP contribution in [-0.2, 0) is 19.0 Å². The van der Waals surface area contributed by atoms with Gasteiger partial charge in [0.25, 0.3) is 0 Å². The Labute approximate surface area is 116 Å². The molecule has 0 radical (unpaired) electrons. The summed E-state index contributed by atoms with van der Waals surface area (Å²) in [7, 11) is 6.58. The quantitative estimate of drug-likeness (QED) is 0.404. The highest BCUT2D eigenvalue weighted by Gasteiger charge is 2.17. The van der Waals surface area contributed by atoms with Gasteiger partial charge in [0.1, 0.15) is 6.04 Å². The molecule has 1 atom stereocenters. The highest BCUT2D eigenvalue weighted by molar-refractivity contribution is 5.75. The van der Waals surface area contributed by atoms with Gasteiger partial charge in [0.15, 0.2) is 0 Å². The van der Waals surface area contributed by atoms with E-state index in [1.807, 2.05) is 0 Å². The molecule has 0 spiro atoms. The Bertz CT molecular complexity index is 227. The highest BCUT2D eigenvalue weighted by atomic mass is 16.5. The van der Waals surface area contributed by atoms with Crippen LogP contribution in [0.1, 0.15) is 12.8 Å². The first-order valence-electron chi connectivity index (χ1n) is 6.64. The molecule has 0 aromatic carbocycles. The van der Waals surface area contributed by atoms with Crippen LogP contribution in [0, 0.1) is 0 Å². The van der Waals surface area contributed by atoms with Gasteiger partial charge in [-0.1, -0.05) is 0 Å². The van der Waals surface area contributed by atoms with E-state index in [1.165, 1.54) is 7.11 Å². The largest absolute Gasteiger partial charge is 0.468 e. The van der Waals surface area contributed by atoms with Crippen molar-refractivity contribution < 1.29 is 19.0 Å². The number of rotatable bonds is 12. The van der Waals surface area contributed by atoms with E-state index in [0.29, 0.717) is 6.61 Å². The molecule has 0 fully saturated rings. The monoisotopic (exact) mass is 276 g/mol. The lowest BCUT2D eigenvalue weighted by Gasteiger charge is -2.23. The van der Waals surface area contributed by atoms with Gasteiger partial charge < -0.3 is 24.4 Å². The van der Waals surface area contributed by atoms with Gasteiger partial charge in [-0.05, 0) is 19.9 Å². The van der Waals surface area contributed by atoms with Gasteiger partial charge in [-0.15, -0.1) is 0 Å². The minimum atomic E-state index is -0.252. The van der Waals surface area contributed by atoms with Crippen molar-refractivity contribution in [3.05, 3.63) is 0 Å². The zero-order chi connectivity index (χ0) is 14.5. The summed E-state index contributed by atoms with van der Waals surface area (Å²) in [4.78, 5) is 13.8. The van der Waals surface area contributed by atoms with Crippen LogP contribution in [0.2, 0.25) is 0 Å². The molecule has 1 unspecified atom stereocenters. The van der Waals surface area contributed by atoms with Crippen molar-refractivity contribution in [1.82, 2.24) is 10.2 Å². The highest BCUT2D eigenvalue weighted by Crippen LogP contribution is 2.00. The lowest BCUT2D eigenvalue weighted by molar-refractivity contribution is -0.143. The van der Waals surface area contributed by atoms with E-state index in [9.17, 15) is 4.79 Å². The zero-order valence-corrected chi connectivity index (χ0v) is 12.6. The van der Waals surface area contributed by atoms with Crippen LogP contribution in [0.25, 0.3) is 0 Å². The van der Waals surface area contributed by atoms with E-state index in [0.717, 1.165) is 39.1 Å². The third-order valence-corrected chi connectivity index (χ3v) is 3.00. The molecular weight excluding hydrogens is 248 g/mol. The fraction of sp³-hybridized carbons (Fsp3) is 0.923. The van der Waals surface area contributed by atoms with Crippen LogP contribution in [0.5, 0.6) is 0 Å². The number of nitrogens with one attached hydrogen (secondary N) is 1. The predicted octanol–water partition coefficient (Wildman–Crippen LogP) is 0.122. The second-order valence-corrected chi connectivity index (χ2v) is 4.33. The van der Waals surface area contributed by atoms with E-state index in [1.54, 1.807) is 21.3 Å². The number of carbonyl (C=O) groups is 1. The topological polar surface area (TPSA) is 60.0 Å². The van der Waals surface area contributed by atoms with Crippen LogP contribution in [0.3, 0.4) is 0 Å². The molecular formula is C13H28N2O4. The summed E-state index contributed by atoms with van der Waals surface area (Å²) < 4.78 is 14.9. The fourth-order valence-corrected chi connectivity index (χ4v) is 1.82. The van der Waals surface area contributed by atoms with Crippen LogP contribution >= 0.6 is 0 Å². The van der Waals surface area contributed by atoms with E-state index < -0.39 is 0 Å². The number of methoxy groups -OCH3 is 3. The van der Waals surface area contributed by atoms with Gasteiger partial charge in [0, 0.05) is 40.5 Å². The van der Waals surface area contributed by atoms with Crippen molar-refractivity contribution >= 4 is 5.97 Å². The molecule has 0 heterocycles. The van der Waals surface area contributed by atoms with E-state index in [-0.39, 0.29) is 12.0 Å². The summed E-state index contributed by atoms with van der Waals surface area (Å²) in [6.07, 6.45) is 1.70. The maximum atomic E-state index is 11.5. The van der Waals surface area contributed by atoms with E-state index >= 15 is 0 Å². The van der Waals surface area contributed by atoms with Gasteiger partial charge in [0.05, 0.1) is 13.7 Å². The Hall–Kier alpha value is -0.690. The van der Waals surface area contributed by atoms with Gasteiger partial charge >= 0.3 is 5.97 Å². The predicted molar refractivity (Wildman–Crippen MR) is 74.3 cm³/mol. The van der Waals surface area contributed by atoms with Crippen LogP contribution in [0.4, 0.5) is 0 Å². The van der Waals surface area contributed by atoms with Crippen LogP contribution < -0.4 is 5.32 Å². The molecule has 0 saturated heterocycles. The number of carbonyl (C=O) groups excluding carboxylic acids is 1. The average Bonchev–Trinajstić information content (AvgIpc) is 2.44. The third-order valence-electron chi connectivity index (χ3n) is 3.00. The van der Waals surface area contributed by atoms with E-state index in [4.69, 9.17) is 14.2 Å². The van der Waals surface area contributed by atoms with Crippen molar-refractivity contribution in [2.75, 3.05) is 61.2 Å². The van der Waals surface area contributed by atoms with Crippen molar-refractivity contribution in [2.45, 2.75) is 18.9 Å². The first-order valence-corrected chi connectivity index (χ1v) is 6.64. The Morgan fingerprint density at radius 3 is 2.32 bits per heavy atom. The first kappa shape index (κ1) is 18.3. The molecule has 114 valence electrons. The number of likely N-dealkylation sites (N-methyl/N-ethyl adjacent to an activating group) is 1. The summed E-state index contributed by atoms with van der Waals surface area (Å²) in [6, 6.07) is -0.252. The normalized spacial score (nSPS) is 12.7. The summed E-state index contributed by atoms with van der Waals surface area (Å²) in [6.45, 7) is 4.06. The fourth-order valence-electron chi connectivity index (χ4n) is 1.82. The molecule has 19 heavy (non-hydrogen) atoms. The Kier molecular flexibility index (Phi) is 11.9. The molecule has 0 aromatic heterocycles. The van der Waals surface area contributed by atoms with Gasteiger partial charge in [-0.2, -0.15) is 0 Å². The number of esters is 1. The van der Waals surface area contributed by atoms with Crippen molar-refractivity contribution in [1.29, 1.82) is 0 Å². The lowest BCUT2D eigenvalue weighted by Crippen LogP contribution is -2.39. The standard InChI is InChI=1S/C13H28N2O4/c1-14-12(13(16)19-4)6-8-15(9-11-18-3)7-5-10-17-2/h12,14H,5-11H2,1-4H3. The van der Waals surface area contributed by atoms with Crippen LogP contribution in [-0.4, -0.2) is 78.1 Å². The number of hydrogen-bond donors (Lipinski definition) is 1. The molecule has 0 aromatic rings. The molecule has 0 aliphatic rings. The zero-order valence-electron chi connectivity index (χ0n) is 12.6. The Balaban J connectivity index is 4.09. The molecule has 1 N–H and O–H groups in total. The maximum absolute atomic E-state index is 11.5. The molecule has 6 nitrogen and oxygen atoms in total. The second-order valence-electron chi connectivity index (χ2n) is 4.33. The van der Waals surface area contributed by atoms with Crippen molar-refractivity contribution in [3.8, 4) is 0 Å². The molecule has 0 rings (SSSR count). The van der Waals surface area contributed by atoms with Gasteiger partial charge in [-0.3, -0.25) is 4.79 Å². The SMILES string of the molecule is CNC(CCN(CCCOC)CCOC)C(=O)OC. The van der Waals surface area contributed by atoms with Crippen LogP contribution in [0.15, 0.2) is 0 Å². The van der Waals surface area contributed by atoms with Gasteiger partial charge in [0.2, 0.25) is 0 Å². The molecule has 0 aliphatic carbocycles. The summed E-state index contributed by atoms with van der Waals surface area (Å²) in [5.74, 6) is -0.217.